The van der Waals surface area contributed by atoms with Crippen molar-refractivity contribution in [1.82, 2.24) is 10.6 Å². The van der Waals surface area contributed by atoms with Gasteiger partial charge in [-0.25, -0.2) is 9.59 Å². The molecule has 0 bridgehead atoms. The van der Waals surface area contributed by atoms with E-state index in [1.54, 1.807) is 0 Å². The van der Waals surface area contributed by atoms with Gasteiger partial charge in [-0.3, -0.25) is 4.79 Å². The number of carbonyl (C=O) groups excluding carboxylic acids is 2. The van der Waals surface area contributed by atoms with Crippen LogP contribution in [-0.4, -0.2) is 41.8 Å². The summed E-state index contributed by atoms with van der Waals surface area (Å²) in [5.41, 5.74) is 4.64. The minimum atomic E-state index is -1.03. The van der Waals surface area contributed by atoms with Gasteiger partial charge < -0.3 is 20.5 Å². The molecule has 0 saturated carbocycles. The van der Waals surface area contributed by atoms with Gasteiger partial charge in [0.2, 0.25) is 5.91 Å². The lowest BCUT2D eigenvalue weighted by molar-refractivity contribution is -0.142. The van der Waals surface area contributed by atoms with E-state index in [2.05, 4.69) is 34.9 Å². The Labute approximate surface area is 207 Å². The lowest BCUT2D eigenvalue weighted by Gasteiger charge is -2.20. The number of amides is 2. The largest absolute Gasteiger partial charge is 0.480 e. The number of hydrogen-bond acceptors (Lipinski definition) is 4. The third-order valence-corrected chi connectivity index (χ3v) is 6.85. The van der Waals surface area contributed by atoms with Crippen molar-refractivity contribution in [3.8, 4) is 11.1 Å². The van der Waals surface area contributed by atoms with Gasteiger partial charge in [0.25, 0.3) is 0 Å². The molecular formula is C28H36N2O5. The zero-order valence-corrected chi connectivity index (χ0v) is 20.8. The van der Waals surface area contributed by atoms with Gasteiger partial charge in [-0.2, -0.15) is 0 Å². The van der Waals surface area contributed by atoms with E-state index >= 15 is 0 Å². The Morgan fingerprint density at radius 3 is 2.09 bits per heavy atom. The first-order valence-electron chi connectivity index (χ1n) is 12.5. The highest BCUT2D eigenvalue weighted by Crippen LogP contribution is 2.44. The Hall–Kier alpha value is -3.35. The zero-order valence-electron chi connectivity index (χ0n) is 20.8. The van der Waals surface area contributed by atoms with Crippen LogP contribution in [0.3, 0.4) is 0 Å². The molecule has 0 radical (unpaired) electrons. The number of hydrogen-bond donors (Lipinski definition) is 3. The number of benzene rings is 2. The summed E-state index contributed by atoms with van der Waals surface area (Å²) in [5, 5.41) is 14.9. The molecule has 0 fully saturated rings. The first-order valence-corrected chi connectivity index (χ1v) is 12.5. The van der Waals surface area contributed by atoms with Crippen LogP contribution in [-0.2, 0) is 14.3 Å². The molecule has 7 heteroatoms. The van der Waals surface area contributed by atoms with Crippen LogP contribution in [0.4, 0.5) is 4.79 Å². The second kappa shape index (κ2) is 12.4. The molecule has 0 aromatic heterocycles. The van der Waals surface area contributed by atoms with Crippen molar-refractivity contribution >= 4 is 18.0 Å². The summed E-state index contributed by atoms with van der Waals surface area (Å²) in [7, 11) is 0. The van der Waals surface area contributed by atoms with E-state index in [1.807, 2.05) is 45.0 Å². The Balaban J connectivity index is 1.50. The standard InChI is InChI=1S/C28H36N2O5/c1-4-18(3)16-25(27(32)33)30-26(31)15-14-19(5-2)29-28(34)35-17-24-22-12-8-6-10-20(22)21-11-7-9-13-23(21)24/h6-13,18-19,24-25H,4-5,14-17H2,1-3H3,(H,29,34)(H,30,31)(H,32,33). The molecule has 35 heavy (non-hydrogen) atoms. The van der Waals surface area contributed by atoms with Gasteiger partial charge in [0.1, 0.15) is 12.6 Å². The summed E-state index contributed by atoms with van der Waals surface area (Å²) >= 11 is 0. The summed E-state index contributed by atoms with van der Waals surface area (Å²) in [5.74, 6) is -1.16. The zero-order chi connectivity index (χ0) is 25.4. The number of nitrogens with one attached hydrogen (secondary N) is 2. The van der Waals surface area contributed by atoms with Crippen LogP contribution >= 0.6 is 0 Å². The van der Waals surface area contributed by atoms with Gasteiger partial charge >= 0.3 is 12.1 Å². The molecule has 3 rings (SSSR count). The van der Waals surface area contributed by atoms with E-state index in [0.29, 0.717) is 19.3 Å². The van der Waals surface area contributed by atoms with Crippen molar-refractivity contribution in [2.24, 2.45) is 5.92 Å². The molecule has 7 nitrogen and oxygen atoms in total. The van der Waals surface area contributed by atoms with Crippen LogP contribution in [0.2, 0.25) is 0 Å². The van der Waals surface area contributed by atoms with E-state index in [0.717, 1.165) is 17.5 Å². The second-order valence-corrected chi connectivity index (χ2v) is 9.32. The van der Waals surface area contributed by atoms with E-state index in [1.165, 1.54) is 11.1 Å². The summed E-state index contributed by atoms with van der Waals surface area (Å²) in [6.07, 6.45) is 1.90. The first kappa shape index (κ1) is 26.3. The topological polar surface area (TPSA) is 105 Å². The van der Waals surface area contributed by atoms with Gasteiger partial charge in [0.15, 0.2) is 0 Å². The van der Waals surface area contributed by atoms with Crippen LogP contribution in [0, 0.1) is 5.92 Å². The number of ether oxygens (including phenoxy) is 1. The van der Waals surface area contributed by atoms with E-state index in [9.17, 15) is 19.5 Å². The Morgan fingerprint density at radius 2 is 1.54 bits per heavy atom. The maximum Gasteiger partial charge on any atom is 0.407 e. The number of aliphatic carboxylic acids is 1. The van der Waals surface area contributed by atoms with Crippen molar-refractivity contribution in [2.45, 2.75) is 70.9 Å². The van der Waals surface area contributed by atoms with E-state index in [4.69, 9.17) is 4.74 Å². The average molecular weight is 481 g/mol. The predicted molar refractivity (Wildman–Crippen MR) is 135 cm³/mol. The highest BCUT2D eigenvalue weighted by atomic mass is 16.5. The molecule has 0 heterocycles. The summed E-state index contributed by atoms with van der Waals surface area (Å²) < 4.78 is 5.60. The van der Waals surface area contributed by atoms with Crippen LogP contribution in [0.25, 0.3) is 11.1 Å². The summed E-state index contributed by atoms with van der Waals surface area (Å²) in [6.45, 7) is 6.11. The number of alkyl carbamates (subject to hydrolysis) is 1. The molecule has 0 aliphatic heterocycles. The minimum absolute atomic E-state index is 0.0162. The van der Waals surface area contributed by atoms with Gasteiger partial charge in [-0.1, -0.05) is 75.7 Å². The summed E-state index contributed by atoms with van der Waals surface area (Å²) in [4.78, 5) is 36.4. The number of carboxylic acid groups (broad SMARTS) is 1. The van der Waals surface area contributed by atoms with Crippen LogP contribution < -0.4 is 10.6 Å². The molecule has 1 aliphatic carbocycles. The van der Waals surface area contributed by atoms with Gasteiger partial charge in [0.05, 0.1) is 0 Å². The van der Waals surface area contributed by atoms with Crippen molar-refractivity contribution in [2.75, 3.05) is 6.61 Å². The minimum Gasteiger partial charge on any atom is -0.480 e. The fourth-order valence-electron chi connectivity index (χ4n) is 4.55. The Morgan fingerprint density at radius 1 is 0.943 bits per heavy atom. The third kappa shape index (κ3) is 6.84. The highest BCUT2D eigenvalue weighted by molar-refractivity contribution is 5.83. The fourth-order valence-corrected chi connectivity index (χ4v) is 4.55. The monoisotopic (exact) mass is 480 g/mol. The second-order valence-electron chi connectivity index (χ2n) is 9.32. The number of fused-ring (bicyclic) bond motifs is 3. The quantitative estimate of drug-likeness (QED) is 0.392. The maximum absolute atomic E-state index is 12.5. The normalized spacial score (nSPS) is 14.8. The van der Waals surface area contributed by atoms with Crippen molar-refractivity contribution in [1.29, 1.82) is 0 Å². The number of rotatable bonds is 12. The molecule has 3 atom stereocenters. The summed E-state index contributed by atoms with van der Waals surface area (Å²) in [6, 6.07) is 15.2. The first-order chi connectivity index (χ1) is 16.8. The van der Waals surface area contributed by atoms with E-state index in [-0.39, 0.29) is 36.8 Å². The SMILES string of the molecule is CCC(C)CC(NC(=O)CCC(CC)NC(=O)OCC1c2ccccc2-c2ccccc21)C(=O)O. The van der Waals surface area contributed by atoms with Crippen LogP contribution in [0.1, 0.15) is 69.9 Å². The van der Waals surface area contributed by atoms with E-state index < -0.39 is 18.1 Å². The molecule has 188 valence electrons. The lowest BCUT2D eigenvalue weighted by Crippen LogP contribution is -2.42. The Bertz CT molecular complexity index is 992. The molecular weight excluding hydrogens is 444 g/mol. The van der Waals surface area contributed by atoms with Crippen LogP contribution in [0.15, 0.2) is 48.5 Å². The predicted octanol–water partition coefficient (Wildman–Crippen LogP) is 5.09. The molecule has 3 N–H and O–H groups in total. The smallest absolute Gasteiger partial charge is 0.407 e. The Kier molecular flexibility index (Phi) is 9.29. The number of carbonyl (C=O) groups is 3. The molecule has 2 aromatic rings. The van der Waals surface area contributed by atoms with Gasteiger partial charge in [-0.15, -0.1) is 0 Å². The fraction of sp³-hybridized carbons (Fsp3) is 0.464. The molecule has 2 aromatic carbocycles. The number of carboxylic acids is 1. The molecule has 3 unspecified atom stereocenters. The highest BCUT2D eigenvalue weighted by Gasteiger charge is 2.29. The molecule has 0 spiro atoms. The van der Waals surface area contributed by atoms with Crippen molar-refractivity contribution in [3.05, 3.63) is 59.7 Å². The molecule has 1 aliphatic rings. The molecule has 0 saturated heterocycles. The lowest BCUT2D eigenvalue weighted by atomic mass is 9.98. The average Bonchev–Trinajstić information content (AvgIpc) is 3.18. The van der Waals surface area contributed by atoms with Crippen LogP contribution in [0.5, 0.6) is 0 Å². The van der Waals surface area contributed by atoms with Crippen molar-refractivity contribution < 1.29 is 24.2 Å². The maximum atomic E-state index is 12.5. The molecule has 2 amide bonds. The van der Waals surface area contributed by atoms with Gasteiger partial charge in [-0.05, 0) is 47.4 Å². The van der Waals surface area contributed by atoms with Crippen molar-refractivity contribution in [3.63, 3.8) is 0 Å². The third-order valence-electron chi connectivity index (χ3n) is 6.85. The van der Waals surface area contributed by atoms with Gasteiger partial charge in [0, 0.05) is 18.4 Å².